The number of allylic oxidation sites excluding steroid dienone is 1. The van der Waals surface area contributed by atoms with Crippen molar-refractivity contribution in [3.05, 3.63) is 83.9 Å². The van der Waals surface area contributed by atoms with E-state index >= 15 is 0 Å². The lowest BCUT2D eigenvalue weighted by Gasteiger charge is -2.21. The Morgan fingerprint density at radius 3 is 1.86 bits per heavy atom. The molecule has 2 aromatic carbocycles. The van der Waals surface area contributed by atoms with E-state index in [9.17, 15) is 4.79 Å². The van der Waals surface area contributed by atoms with Crippen LogP contribution in [0.15, 0.2) is 72.8 Å². The molecular weight excluding hydrogens is 270 g/mol. The van der Waals surface area contributed by atoms with Crippen molar-refractivity contribution in [3.8, 4) is 0 Å². The molecule has 0 spiro atoms. The first-order valence-electron chi connectivity index (χ1n) is 7.83. The van der Waals surface area contributed by atoms with E-state index in [0.717, 1.165) is 24.0 Å². The Labute approximate surface area is 133 Å². The molecule has 0 aliphatic heterocycles. The smallest absolute Gasteiger partial charge is 0.246 e. The van der Waals surface area contributed by atoms with E-state index in [4.69, 9.17) is 0 Å². The Bertz CT molecular complexity index is 548. The predicted octanol–water partition coefficient (Wildman–Crippen LogP) is 4.57. The van der Waals surface area contributed by atoms with Crippen LogP contribution in [0.25, 0.3) is 0 Å². The standard InChI is InChI=1S/C20H23NO/c1-2-3-6-15-20(22)21(16-18-11-7-4-8-12-18)17-19-13-9-5-10-14-19/h4-15H,2-3,16-17H2,1H3/b15-6-. The van der Waals surface area contributed by atoms with Crippen LogP contribution in [0.1, 0.15) is 30.9 Å². The zero-order chi connectivity index (χ0) is 15.6. The number of rotatable bonds is 7. The van der Waals surface area contributed by atoms with Crippen LogP contribution < -0.4 is 0 Å². The average Bonchev–Trinajstić information content (AvgIpc) is 2.56. The van der Waals surface area contributed by atoms with Crippen LogP contribution >= 0.6 is 0 Å². The highest BCUT2D eigenvalue weighted by molar-refractivity contribution is 5.87. The van der Waals surface area contributed by atoms with Gasteiger partial charge in [0.25, 0.3) is 0 Å². The maximum atomic E-state index is 12.5. The molecule has 2 heteroatoms. The van der Waals surface area contributed by atoms with Gasteiger partial charge >= 0.3 is 0 Å². The molecule has 0 saturated carbocycles. The average molecular weight is 293 g/mol. The summed E-state index contributed by atoms with van der Waals surface area (Å²) in [6, 6.07) is 20.2. The Kier molecular flexibility index (Phi) is 6.43. The van der Waals surface area contributed by atoms with Crippen molar-refractivity contribution in [2.24, 2.45) is 0 Å². The molecule has 2 aromatic rings. The molecule has 0 radical (unpaired) electrons. The van der Waals surface area contributed by atoms with Crippen molar-refractivity contribution in [3.63, 3.8) is 0 Å². The van der Waals surface area contributed by atoms with Crippen LogP contribution in [0.4, 0.5) is 0 Å². The van der Waals surface area contributed by atoms with Crippen LogP contribution in [0.5, 0.6) is 0 Å². The minimum Gasteiger partial charge on any atom is -0.331 e. The molecule has 0 aliphatic rings. The lowest BCUT2D eigenvalue weighted by Crippen LogP contribution is -2.28. The number of benzene rings is 2. The van der Waals surface area contributed by atoms with Crippen LogP contribution in [-0.4, -0.2) is 10.8 Å². The van der Waals surface area contributed by atoms with Gasteiger partial charge in [-0.2, -0.15) is 0 Å². The molecule has 114 valence electrons. The number of carbonyl (C=O) groups excluding carboxylic acids is 1. The quantitative estimate of drug-likeness (QED) is 0.685. The summed E-state index contributed by atoms with van der Waals surface area (Å²) < 4.78 is 0. The van der Waals surface area contributed by atoms with Crippen LogP contribution in [0, 0.1) is 0 Å². The summed E-state index contributed by atoms with van der Waals surface area (Å²) in [7, 11) is 0. The SMILES string of the molecule is CCC/C=C\C(=O)N(Cc1ccccc1)Cc1ccccc1. The van der Waals surface area contributed by atoms with Gasteiger partial charge in [0.1, 0.15) is 0 Å². The lowest BCUT2D eigenvalue weighted by atomic mass is 10.1. The minimum absolute atomic E-state index is 0.0705. The molecule has 0 bridgehead atoms. The zero-order valence-electron chi connectivity index (χ0n) is 13.1. The number of hydrogen-bond donors (Lipinski definition) is 0. The maximum absolute atomic E-state index is 12.5. The molecule has 0 aliphatic carbocycles. The minimum atomic E-state index is 0.0705. The largest absolute Gasteiger partial charge is 0.331 e. The fraction of sp³-hybridized carbons (Fsp3) is 0.250. The first-order chi connectivity index (χ1) is 10.8. The molecule has 0 aromatic heterocycles. The lowest BCUT2D eigenvalue weighted by molar-refractivity contribution is -0.127. The van der Waals surface area contributed by atoms with Crippen LogP contribution in [-0.2, 0) is 17.9 Å². The Balaban J connectivity index is 2.11. The van der Waals surface area contributed by atoms with E-state index in [0.29, 0.717) is 13.1 Å². The summed E-state index contributed by atoms with van der Waals surface area (Å²) in [4.78, 5) is 14.4. The van der Waals surface area contributed by atoms with Crippen molar-refractivity contribution in [1.82, 2.24) is 4.90 Å². The topological polar surface area (TPSA) is 20.3 Å². The Morgan fingerprint density at radius 2 is 1.41 bits per heavy atom. The van der Waals surface area contributed by atoms with Gasteiger partial charge in [-0.05, 0) is 23.6 Å². The molecular formula is C20H23NO. The molecule has 1 amide bonds. The molecule has 0 fully saturated rings. The highest BCUT2D eigenvalue weighted by Gasteiger charge is 2.11. The van der Waals surface area contributed by atoms with Gasteiger partial charge in [0.2, 0.25) is 5.91 Å². The first-order valence-corrected chi connectivity index (χ1v) is 7.83. The maximum Gasteiger partial charge on any atom is 0.246 e. The summed E-state index contributed by atoms with van der Waals surface area (Å²) in [5, 5.41) is 0. The van der Waals surface area contributed by atoms with E-state index < -0.39 is 0 Å². The van der Waals surface area contributed by atoms with Crippen molar-refractivity contribution < 1.29 is 4.79 Å². The molecule has 0 heterocycles. The van der Waals surface area contributed by atoms with Crippen LogP contribution in [0.2, 0.25) is 0 Å². The second-order valence-corrected chi connectivity index (χ2v) is 5.36. The summed E-state index contributed by atoms with van der Waals surface area (Å²) in [5.74, 6) is 0.0705. The van der Waals surface area contributed by atoms with E-state index in [1.165, 1.54) is 0 Å². The molecule has 0 saturated heterocycles. The second-order valence-electron chi connectivity index (χ2n) is 5.36. The molecule has 2 nitrogen and oxygen atoms in total. The fourth-order valence-electron chi connectivity index (χ4n) is 2.28. The van der Waals surface area contributed by atoms with E-state index in [1.54, 1.807) is 6.08 Å². The fourth-order valence-corrected chi connectivity index (χ4v) is 2.28. The summed E-state index contributed by atoms with van der Waals surface area (Å²) in [5.41, 5.74) is 2.30. The second kappa shape index (κ2) is 8.83. The van der Waals surface area contributed by atoms with Gasteiger partial charge in [0.05, 0.1) is 0 Å². The first kappa shape index (κ1) is 16.0. The summed E-state index contributed by atoms with van der Waals surface area (Å²) in [6.45, 7) is 3.37. The van der Waals surface area contributed by atoms with Crippen molar-refractivity contribution in [2.45, 2.75) is 32.9 Å². The molecule has 2 rings (SSSR count). The van der Waals surface area contributed by atoms with E-state index in [2.05, 4.69) is 31.2 Å². The molecule has 0 unspecified atom stereocenters. The van der Waals surface area contributed by atoms with Gasteiger partial charge in [-0.15, -0.1) is 0 Å². The number of nitrogens with zero attached hydrogens (tertiary/aromatic N) is 1. The molecule has 0 N–H and O–H groups in total. The van der Waals surface area contributed by atoms with Gasteiger partial charge in [-0.3, -0.25) is 4.79 Å². The third-order valence-corrected chi connectivity index (χ3v) is 3.46. The zero-order valence-corrected chi connectivity index (χ0v) is 13.1. The highest BCUT2D eigenvalue weighted by atomic mass is 16.2. The molecule has 0 atom stereocenters. The Hall–Kier alpha value is -2.35. The highest BCUT2D eigenvalue weighted by Crippen LogP contribution is 2.11. The van der Waals surface area contributed by atoms with Crippen LogP contribution in [0.3, 0.4) is 0 Å². The number of unbranched alkanes of at least 4 members (excludes halogenated alkanes) is 1. The number of hydrogen-bond acceptors (Lipinski definition) is 1. The number of carbonyl (C=O) groups is 1. The van der Waals surface area contributed by atoms with E-state index in [1.807, 2.05) is 47.4 Å². The third kappa shape index (κ3) is 5.21. The number of amides is 1. The Morgan fingerprint density at radius 1 is 0.909 bits per heavy atom. The third-order valence-electron chi connectivity index (χ3n) is 3.46. The van der Waals surface area contributed by atoms with E-state index in [-0.39, 0.29) is 5.91 Å². The van der Waals surface area contributed by atoms with Crippen molar-refractivity contribution in [1.29, 1.82) is 0 Å². The molecule has 22 heavy (non-hydrogen) atoms. The monoisotopic (exact) mass is 293 g/mol. The van der Waals surface area contributed by atoms with Gasteiger partial charge in [0.15, 0.2) is 0 Å². The van der Waals surface area contributed by atoms with Crippen molar-refractivity contribution in [2.75, 3.05) is 0 Å². The van der Waals surface area contributed by atoms with Gasteiger partial charge < -0.3 is 4.90 Å². The normalized spacial score (nSPS) is 10.8. The predicted molar refractivity (Wildman–Crippen MR) is 91.2 cm³/mol. The summed E-state index contributed by atoms with van der Waals surface area (Å²) in [6.07, 6.45) is 5.66. The summed E-state index contributed by atoms with van der Waals surface area (Å²) >= 11 is 0. The van der Waals surface area contributed by atoms with Gasteiger partial charge in [-0.1, -0.05) is 80.1 Å². The van der Waals surface area contributed by atoms with Gasteiger partial charge in [-0.25, -0.2) is 0 Å². The van der Waals surface area contributed by atoms with Crippen molar-refractivity contribution >= 4 is 5.91 Å². The van der Waals surface area contributed by atoms with Gasteiger partial charge in [0, 0.05) is 13.1 Å².